The van der Waals surface area contributed by atoms with Crippen LogP contribution in [-0.4, -0.2) is 66.1 Å². The fraction of sp³-hybridized carbons (Fsp3) is 0.700. The van der Waals surface area contributed by atoms with Gasteiger partial charge in [-0.1, -0.05) is 0 Å². The van der Waals surface area contributed by atoms with E-state index in [1.807, 2.05) is 6.92 Å². The summed E-state index contributed by atoms with van der Waals surface area (Å²) in [4.78, 5) is 24.7. The number of H-pyrrole nitrogens is 1. The standard InChI is InChI=1S/C20H31N3O4S/c1-3-27-13-14(24)11-23(9-6-10-26-2)12-17-21-19(25)18-15-7-4-5-8-16(15)28-20(18)22-17/h14,24H,3-13H2,1-2H3,(H,21,22,25)/t14-/m0/s1. The summed E-state index contributed by atoms with van der Waals surface area (Å²) in [5, 5.41) is 11.0. The van der Waals surface area contributed by atoms with Crippen molar-refractivity contribution in [3.63, 3.8) is 0 Å². The Bertz CT molecular complexity index is 820. The van der Waals surface area contributed by atoms with Crippen LogP contribution < -0.4 is 5.56 Å². The molecule has 8 heteroatoms. The number of aryl methyl sites for hydroxylation is 2. The highest BCUT2D eigenvalue weighted by atomic mass is 32.1. The first-order chi connectivity index (χ1) is 13.6. The Morgan fingerprint density at radius 2 is 2.18 bits per heavy atom. The fourth-order valence-electron chi connectivity index (χ4n) is 3.77. The first-order valence-electron chi connectivity index (χ1n) is 10.1. The molecule has 1 aliphatic carbocycles. The van der Waals surface area contributed by atoms with Crippen LogP contribution in [0.1, 0.15) is 42.5 Å². The van der Waals surface area contributed by atoms with E-state index in [9.17, 15) is 9.90 Å². The molecule has 28 heavy (non-hydrogen) atoms. The number of hydrogen-bond acceptors (Lipinski definition) is 7. The largest absolute Gasteiger partial charge is 0.389 e. The molecular formula is C20H31N3O4S. The molecule has 7 nitrogen and oxygen atoms in total. The Morgan fingerprint density at radius 1 is 1.36 bits per heavy atom. The van der Waals surface area contributed by atoms with Gasteiger partial charge in [0.05, 0.1) is 24.6 Å². The van der Waals surface area contributed by atoms with Gasteiger partial charge in [-0.15, -0.1) is 11.3 Å². The van der Waals surface area contributed by atoms with E-state index in [1.54, 1.807) is 18.4 Å². The maximum Gasteiger partial charge on any atom is 0.259 e. The minimum absolute atomic E-state index is 0.0360. The van der Waals surface area contributed by atoms with Crippen LogP contribution >= 0.6 is 11.3 Å². The summed E-state index contributed by atoms with van der Waals surface area (Å²) >= 11 is 1.66. The van der Waals surface area contributed by atoms with Gasteiger partial charge in [0.1, 0.15) is 10.7 Å². The van der Waals surface area contributed by atoms with E-state index in [-0.39, 0.29) is 5.56 Å². The van der Waals surface area contributed by atoms with Gasteiger partial charge in [-0.25, -0.2) is 4.98 Å². The summed E-state index contributed by atoms with van der Waals surface area (Å²) in [6.45, 7) is 5.15. The molecule has 1 atom stereocenters. The van der Waals surface area contributed by atoms with Crippen LogP contribution in [0.15, 0.2) is 4.79 Å². The molecule has 2 aromatic heterocycles. The minimum Gasteiger partial charge on any atom is -0.389 e. The highest BCUT2D eigenvalue weighted by Crippen LogP contribution is 2.33. The van der Waals surface area contributed by atoms with E-state index in [4.69, 9.17) is 14.5 Å². The first kappa shape index (κ1) is 21.4. The van der Waals surface area contributed by atoms with Crippen molar-refractivity contribution in [3.8, 4) is 0 Å². The summed E-state index contributed by atoms with van der Waals surface area (Å²) in [7, 11) is 1.68. The monoisotopic (exact) mass is 409 g/mol. The third-order valence-electron chi connectivity index (χ3n) is 5.05. The molecule has 0 spiro atoms. The minimum atomic E-state index is -0.577. The summed E-state index contributed by atoms with van der Waals surface area (Å²) < 4.78 is 10.5. The smallest absolute Gasteiger partial charge is 0.259 e. The molecule has 0 unspecified atom stereocenters. The van der Waals surface area contributed by atoms with E-state index in [1.165, 1.54) is 16.9 Å². The molecule has 0 saturated heterocycles. The van der Waals surface area contributed by atoms with Crippen molar-refractivity contribution in [2.75, 3.05) is 40.0 Å². The van der Waals surface area contributed by atoms with Gasteiger partial charge < -0.3 is 19.6 Å². The van der Waals surface area contributed by atoms with Crippen molar-refractivity contribution in [1.82, 2.24) is 14.9 Å². The molecule has 2 heterocycles. The second-order valence-corrected chi connectivity index (χ2v) is 8.38. The van der Waals surface area contributed by atoms with Gasteiger partial charge in [-0.3, -0.25) is 9.69 Å². The predicted octanol–water partition coefficient (Wildman–Crippen LogP) is 2.10. The molecule has 3 rings (SSSR count). The molecular weight excluding hydrogens is 378 g/mol. The third-order valence-corrected chi connectivity index (χ3v) is 6.24. The maximum absolute atomic E-state index is 12.7. The van der Waals surface area contributed by atoms with Gasteiger partial charge in [-0.2, -0.15) is 0 Å². The van der Waals surface area contributed by atoms with Gasteiger partial charge in [-0.05, 0) is 44.6 Å². The van der Waals surface area contributed by atoms with E-state index < -0.39 is 6.10 Å². The fourth-order valence-corrected chi connectivity index (χ4v) is 5.05. The second kappa shape index (κ2) is 10.5. The molecule has 2 aromatic rings. The third kappa shape index (κ3) is 5.39. The van der Waals surface area contributed by atoms with Crippen molar-refractivity contribution in [2.45, 2.75) is 51.7 Å². The van der Waals surface area contributed by atoms with Gasteiger partial charge in [0.15, 0.2) is 0 Å². The van der Waals surface area contributed by atoms with Crippen LogP contribution in [0.2, 0.25) is 0 Å². The van der Waals surface area contributed by atoms with Crippen LogP contribution in [0.5, 0.6) is 0 Å². The van der Waals surface area contributed by atoms with E-state index in [0.29, 0.717) is 38.7 Å². The van der Waals surface area contributed by atoms with Gasteiger partial charge in [0.2, 0.25) is 0 Å². The lowest BCUT2D eigenvalue weighted by atomic mass is 9.97. The number of aromatic amines is 1. The summed E-state index contributed by atoms with van der Waals surface area (Å²) in [6, 6.07) is 0. The molecule has 0 aromatic carbocycles. The lowest BCUT2D eigenvalue weighted by Gasteiger charge is -2.24. The van der Waals surface area contributed by atoms with E-state index in [0.717, 1.165) is 42.4 Å². The Labute approximate surface area is 169 Å². The number of nitrogens with zero attached hydrogens (tertiary/aromatic N) is 2. The highest BCUT2D eigenvalue weighted by molar-refractivity contribution is 7.18. The Hall–Kier alpha value is -1.32. The molecule has 156 valence electrons. The zero-order valence-electron chi connectivity index (χ0n) is 16.8. The van der Waals surface area contributed by atoms with Crippen LogP contribution in [0.25, 0.3) is 10.2 Å². The maximum atomic E-state index is 12.7. The van der Waals surface area contributed by atoms with Crippen LogP contribution in [0.3, 0.4) is 0 Å². The van der Waals surface area contributed by atoms with Crippen molar-refractivity contribution < 1.29 is 14.6 Å². The van der Waals surface area contributed by atoms with Gasteiger partial charge >= 0.3 is 0 Å². The molecule has 0 bridgehead atoms. The number of aliphatic hydroxyl groups excluding tert-OH is 1. The Kier molecular flexibility index (Phi) is 7.99. The predicted molar refractivity (Wildman–Crippen MR) is 111 cm³/mol. The number of rotatable bonds is 11. The average molecular weight is 410 g/mol. The highest BCUT2D eigenvalue weighted by Gasteiger charge is 2.21. The lowest BCUT2D eigenvalue weighted by molar-refractivity contribution is 0.0177. The number of aliphatic hydroxyl groups is 1. The van der Waals surface area contributed by atoms with Gasteiger partial charge in [0, 0.05) is 38.3 Å². The van der Waals surface area contributed by atoms with E-state index >= 15 is 0 Å². The number of hydrogen-bond donors (Lipinski definition) is 2. The van der Waals surface area contributed by atoms with Crippen molar-refractivity contribution >= 4 is 21.6 Å². The molecule has 0 saturated carbocycles. The molecule has 0 aliphatic heterocycles. The lowest BCUT2D eigenvalue weighted by Crippen LogP contribution is -2.36. The number of methoxy groups -OCH3 is 1. The quantitative estimate of drug-likeness (QED) is 0.553. The number of ether oxygens (including phenoxy) is 2. The zero-order valence-corrected chi connectivity index (χ0v) is 17.6. The van der Waals surface area contributed by atoms with Crippen LogP contribution in [-0.2, 0) is 28.9 Å². The van der Waals surface area contributed by atoms with E-state index in [2.05, 4.69) is 9.88 Å². The zero-order chi connectivity index (χ0) is 19.9. The molecule has 0 radical (unpaired) electrons. The number of thiophene rings is 1. The number of fused-ring (bicyclic) bond motifs is 3. The first-order valence-corrected chi connectivity index (χ1v) is 10.9. The molecule has 0 amide bonds. The molecule has 2 N–H and O–H groups in total. The summed E-state index contributed by atoms with van der Waals surface area (Å²) in [5.41, 5.74) is 1.17. The van der Waals surface area contributed by atoms with Crippen molar-refractivity contribution in [2.24, 2.45) is 0 Å². The number of aromatic nitrogens is 2. The summed E-state index contributed by atoms with van der Waals surface area (Å²) in [5.74, 6) is 0.650. The number of nitrogens with one attached hydrogen (secondary N) is 1. The normalized spacial score (nSPS) is 15.3. The van der Waals surface area contributed by atoms with Crippen molar-refractivity contribution in [3.05, 3.63) is 26.6 Å². The topological polar surface area (TPSA) is 87.7 Å². The molecule has 0 fully saturated rings. The van der Waals surface area contributed by atoms with Gasteiger partial charge in [0.25, 0.3) is 5.56 Å². The SMILES string of the molecule is CCOC[C@@H](O)CN(CCCOC)Cc1nc2sc3c(c2c(=O)[nH]1)CCCC3. The average Bonchev–Trinajstić information content (AvgIpc) is 3.05. The van der Waals surface area contributed by atoms with Crippen molar-refractivity contribution in [1.29, 1.82) is 0 Å². The Morgan fingerprint density at radius 3 is 2.96 bits per heavy atom. The molecule has 1 aliphatic rings. The summed E-state index contributed by atoms with van der Waals surface area (Å²) in [6.07, 6.45) is 4.63. The van der Waals surface area contributed by atoms with Crippen LogP contribution in [0.4, 0.5) is 0 Å². The Balaban J connectivity index is 1.76. The van der Waals surface area contributed by atoms with Crippen LogP contribution in [0, 0.1) is 0 Å². The second-order valence-electron chi connectivity index (χ2n) is 7.30.